The van der Waals surface area contributed by atoms with Gasteiger partial charge in [-0.25, -0.2) is 4.98 Å². The van der Waals surface area contributed by atoms with Gasteiger partial charge in [-0.1, -0.05) is 24.3 Å². The number of rotatable bonds is 7. The second-order valence-electron chi connectivity index (χ2n) is 6.76. The summed E-state index contributed by atoms with van der Waals surface area (Å²) in [7, 11) is 1.64. The first-order valence-corrected chi connectivity index (χ1v) is 10.5. The summed E-state index contributed by atoms with van der Waals surface area (Å²) in [6, 6.07) is 19.4. The molecule has 0 saturated heterocycles. The SMILES string of the molecule is COc1ccc(CCC(=O)Nc2cccc(-c3csc(-c4cccnc4)n3)c2)cc1. The molecule has 4 rings (SSSR count). The first-order chi connectivity index (χ1) is 14.7. The van der Waals surface area contributed by atoms with Crippen molar-refractivity contribution in [2.45, 2.75) is 12.8 Å². The Kier molecular flexibility index (Phi) is 6.15. The number of pyridine rings is 1. The summed E-state index contributed by atoms with van der Waals surface area (Å²) in [5, 5.41) is 5.93. The third kappa shape index (κ3) is 4.90. The number of thiazole rings is 1. The number of ether oxygens (including phenoxy) is 1. The molecule has 1 N–H and O–H groups in total. The van der Waals surface area contributed by atoms with Crippen LogP contribution in [-0.4, -0.2) is 23.0 Å². The summed E-state index contributed by atoms with van der Waals surface area (Å²) in [5.74, 6) is 0.797. The molecule has 30 heavy (non-hydrogen) atoms. The average molecular weight is 416 g/mol. The summed E-state index contributed by atoms with van der Waals surface area (Å²) < 4.78 is 5.16. The molecule has 0 bridgehead atoms. The van der Waals surface area contributed by atoms with Gasteiger partial charge in [-0.3, -0.25) is 9.78 Å². The third-order valence-electron chi connectivity index (χ3n) is 4.65. The van der Waals surface area contributed by atoms with Gasteiger partial charge in [-0.05, 0) is 48.4 Å². The number of nitrogens with zero attached hydrogens (tertiary/aromatic N) is 2. The Morgan fingerprint density at radius 3 is 2.67 bits per heavy atom. The normalized spacial score (nSPS) is 10.6. The Morgan fingerprint density at radius 2 is 1.90 bits per heavy atom. The van der Waals surface area contributed by atoms with Crippen LogP contribution in [-0.2, 0) is 11.2 Å². The van der Waals surface area contributed by atoms with Gasteiger partial charge in [0.2, 0.25) is 5.91 Å². The van der Waals surface area contributed by atoms with Crippen molar-refractivity contribution in [3.05, 3.63) is 84.0 Å². The van der Waals surface area contributed by atoms with Gasteiger partial charge in [-0.2, -0.15) is 0 Å². The van der Waals surface area contributed by atoms with Crippen LogP contribution in [0.5, 0.6) is 5.75 Å². The first kappa shape index (κ1) is 19.8. The molecule has 4 aromatic rings. The van der Waals surface area contributed by atoms with E-state index in [1.807, 2.05) is 72.2 Å². The summed E-state index contributed by atoms with van der Waals surface area (Å²) in [4.78, 5) is 21.3. The average Bonchev–Trinajstić information content (AvgIpc) is 3.29. The molecule has 0 unspecified atom stereocenters. The van der Waals surface area contributed by atoms with Crippen molar-refractivity contribution in [3.8, 4) is 27.6 Å². The van der Waals surface area contributed by atoms with Crippen molar-refractivity contribution in [3.63, 3.8) is 0 Å². The molecule has 2 aromatic carbocycles. The van der Waals surface area contributed by atoms with Crippen molar-refractivity contribution in [2.75, 3.05) is 12.4 Å². The number of hydrogen-bond acceptors (Lipinski definition) is 5. The summed E-state index contributed by atoms with van der Waals surface area (Å²) in [6.45, 7) is 0. The fraction of sp³-hybridized carbons (Fsp3) is 0.125. The van der Waals surface area contributed by atoms with E-state index in [1.54, 1.807) is 24.6 Å². The smallest absolute Gasteiger partial charge is 0.224 e. The van der Waals surface area contributed by atoms with Gasteiger partial charge in [0.25, 0.3) is 0 Å². The van der Waals surface area contributed by atoms with Crippen LogP contribution in [0.1, 0.15) is 12.0 Å². The Bertz CT molecular complexity index is 1120. The zero-order valence-electron chi connectivity index (χ0n) is 16.5. The van der Waals surface area contributed by atoms with E-state index in [0.29, 0.717) is 12.8 Å². The van der Waals surface area contributed by atoms with Crippen LogP contribution in [0.25, 0.3) is 21.8 Å². The first-order valence-electron chi connectivity index (χ1n) is 9.60. The maximum absolute atomic E-state index is 12.4. The van der Waals surface area contributed by atoms with E-state index in [1.165, 1.54) is 0 Å². The largest absolute Gasteiger partial charge is 0.497 e. The topological polar surface area (TPSA) is 64.1 Å². The number of methoxy groups -OCH3 is 1. The van der Waals surface area contributed by atoms with E-state index in [-0.39, 0.29) is 5.91 Å². The number of anilines is 1. The molecule has 0 aliphatic carbocycles. The van der Waals surface area contributed by atoms with Crippen molar-refractivity contribution < 1.29 is 9.53 Å². The highest BCUT2D eigenvalue weighted by Crippen LogP contribution is 2.29. The lowest BCUT2D eigenvalue weighted by molar-refractivity contribution is -0.116. The van der Waals surface area contributed by atoms with Crippen molar-refractivity contribution in [1.29, 1.82) is 0 Å². The molecule has 2 heterocycles. The Hall–Kier alpha value is -3.51. The number of aromatic nitrogens is 2. The lowest BCUT2D eigenvalue weighted by Gasteiger charge is -2.07. The molecule has 150 valence electrons. The summed E-state index contributed by atoms with van der Waals surface area (Å²) >= 11 is 1.58. The lowest BCUT2D eigenvalue weighted by Crippen LogP contribution is -2.12. The highest BCUT2D eigenvalue weighted by Gasteiger charge is 2.09. The Labute approximate surface area is 179 Å². The van der Waals surface area contributed by atoms with E-state index in [0.717, 1.165) is 38.8 Å². The monoisotopic (exact) mass is 415 g/mol. The molecule has 0 aliphatic heterocycles. The molecular formula is C24H21N3O2S. The van der Waals surface area contributed by atoms with E-state index < -0.39 is 0 Å². The number of aryl methyl sites for hydroxylation is 1. The van der Waals surface area contributed by atoms with Crippen LogP contribution < -0.4 is 10.1 Å². The second-order valence-corrected chi connectivity index (χ2v) is 7.61. The minimum absolute atomic E-state index is 0.0164. The van der Waals surface area contributed by atoms with Crippen LogP contribution in [0.15, 0.2) is 78.4 Å². The van der Waals surface area contributed by atoms with Crippen LogP contribution in [0.4, 0.5) is 5.69 Å². The molecule has 0 atom stereocenters. The van der Waals surface area contributed by atoms with Crippen LogP contribution in [0.2, 0.25) is 0 Å². The third-order valence-corrected chi connectivity index (χ3v) is 5.55. The van der Waals surface area contributed by atoms with Crippen molar-refractivity contribution in [2.24, 2.45) is 0 Å². The number of carbonyl (C=O) groups is 1. The predicted molar refractivity (Wildman–Crippen MR) is 121 cm³/mol. The number of nitrogens with one attached hydrogen (secondary N) is 1. The van der Waals surface area contributed by atoms with Gasteiger partial charge in [0.15, 0.2) is 0 Å². The van der Waals surface area contributed by atoms with Gasteiger partial charge in [-0.15, -0.1) is 11.3 Å². The molecule has 0 aliphatic rings. The standard InChI is InChI=1S/C24H21N3O2S/c1-29-21-10-7-17(8-11-21)9-12-23(28)26-20-6-2-4-18(14-20)22-16-30-24(27-22)19-5-3-13-25-15-19/h2-8,10-11,13-16H,9,12H2,1H3,(H,26,28). The molecule has 6 heteroatoms. The minimum Gasteiger partial charge on any atom is -0.497 e. The van der Waals surface area contributed by atoms with Crippen molar-refractivity contribution in [1.82, 2.24) is 9.97 Å². The number of hydrogen-bond donors (Lipinski definition) is 1. The zero-order valence-corrected chi connectivity index (χ0v) is 17.4. The van der Waals surface area contributed by atoms with Gasteiger partial charge in [0.05, 0.1) is 12.8 Å². The lowest BCUT2D eigenvalue weighted by atomic mass is 10.1. The van der Waals surface area contributed by atoms with E-state index >= 15 is 0 Å². The highest BCUT2D eigenvalue weighted by molar-refractivity contribution is 7.13. The van der Waals surface area contributed by atoms with Gasteiger partial charge in [0.1, 0.15) is 10.8 Å². The molecule has 0 fully saturated rings. The molecule has 5 nitrogen and oxygen atoms in total. The molecule has 0 saturated carbocycles. The number of amides is 1. The molecular weight excluding hydrogens is 394 g/mol. The van der Waals surface area contributed by atoms with Gasteiger partial charge < -0.3 is 10.1 Å². The van der Waals surface area contributed by atoms with Gasteiger partial charge >= 0.3 is 0 Å². The van der Waals surface area contributed by atoms with Crippen LogP contribution >= 0.6 is 11.3 Å². The molecule has 0 radical (unpaired) electrons. The maximum atomic E-state index is 12.4. The molecule has 0 spiro atoms. The predicted octanol–water partition coefficient (Wildman–Crippen LogP) is 5.45. The van der Waals surface area contributed by atoms with Gasteiger partial charge in [0, 0.05) is 41.0 Å². The molecule has 1 amide bonds. The zero-order chi connectivity index (χ0) is 20.8. The summed E-state index contributed by atoms with van der Waals surface area (Å²) in [6.07, 6.45) is 4.65. The fourth-order valence-electron chi connectivity index (χ4n) is 3.06. The molecule has 2 aromatic heterocycles. The quantitative estimate of drug-likeness (QED) is 0.436. The van der Waals surface area contributed by atoms with E-state index in [2.05, 4.69) is 10.3 Å². The number of benzene rings is 2. The van der Waals surface area contributed by atoms with Crippen LogP contribution in [0.3, 0.4) is 0 Å². The number of carbonyl (C=O) groups excluding carboxylic acids is 1. The minimum atomic E-state index is -0.0164. The van der Waals surface area contributed by atoms with Crippen LogP contribution in [0, 0.1) is 0 Å². The Balaban J connectivity index is 1.39. The van der Waals surface area contributed by atoms with E-state index in [9.17, 15) is 4.79 Å². The van der Waals surface area contributed by atoms with E-state index in [4.69, 9.17) is 9.72 Å². The highest BCUT2D eigenvalue weighted by atomic mass is 32.1. The van der Waals surface area contributed by atoms with Crippen molar-refractivity contribution >= 4 is 22.9 Å². The Morgan fingerprint density at radius 1 is 1.07 bits per heavy atom. The maximum Gasteiger partial charge on any atom is 0.224 e. The second kappa shape index (κ2) is 9.33. The summed E-state index contributed by atoms with van der Waals surface area (Å²) in [5.41, 5.74) is 4.72. The fourth-order valence-corrected chi connectivity index (χ4v) is 3.88.